The predicted molar refractivity (Wildman–Crippen MR) is 88.0 cm³/mol. The molecule has 1 heterocycles. The van der Waals surface area contributed by atoms with Crippen LogP contribution in [0.15, 0.2) is 18.2 Å². The summed E-state index contributed by atoms with van der Waals surface area (Å²) >= 11 is 1.05. The van der Waals surface area contributed by atoms with Crippen LogP contribution in [-0.2, 0) is 4.74 Å². The number of carbonyl (C=O) groups excluding carboxylic acids is 3. The van der Waals surface area contributed by atoms with E-state index in [1.807, 2.05) is 5.32 Å². The molecule has 6 nitrogen and oxygen atoms in total. The molecule has 25 heavy (non-hydrogen) atoms. The Kier molecular flexibility index (Phi) is 5.48. The number of benzene rings is 1. The highest BCUT2D eigenvalue weighted by Crippen LogP contribution is 2.33. The second-order valence-electron chi connectivity index (χ2n) is 4.98. The number of halogens is 2. The van der Waals surface area contributed by atoms with Crippen LogP contribution >= 0.6 is 11.3 Å². The molecule has 0 aliphatic carbocycles. The number of anilines is 1. The summed E-state index contributed by atoms with van der Waals surface area (Å²) in [5.41, 5.74) is -0.209. The fourth-order valence-corrected chi connectivity index (χ4v) is 3.13. The van der Waals surface area contributed by atoms with Gasteiger partial charge in [0, 0.05) is 4.88 Å². The fourth-order valence-electron chi connectivity index (χ4n) is 2.08. The molecule has 0 fully saturated rings. The zero-order valence-electron chi connectivity index (χ0n) is 13.5. The minimum absolute atomic E-state index is 0.0259. The van der Waals surface area contributed by atoms with Gasteiger partial charge in [0.05, 0.1) is 12.7 Å². The molecule has 0 bridgehead atoms. The number of methoxy groups -OCH3 is 1. The molecule has 9 heteroatoms. The maximum atomic E-state index is 13.7. The Morgan fingerprint density at radius 3 is 2.20 bits per heavy atom. The minimum Gasteiger partial charge on any atom is -0.453 e. The Balaban J connectivity index is 2.37. The van der Waals surface area contributed by atoms with Crippen LogP contribution in [0.25, 0.3) is 0 Å². The number of thiophene rings is 1. The van der Waals surface area contributed by atoms with Gasteiger partial charge in [-0.3, -0.25) is 14.9 Å². The topological polar surface area (TPSA) is 84.5 Å². The van der Waals surface area contributed by atoms with Crippen LogP contribution in [0.3, 0.4) is 0 Å². The number of hydrogen-bond donors (Lipinski definition) is 2. The van der Waals surface area contributed by atoms with Gasteiger partial charge >= 0.3 is 6.09 Å². The first kappa shape index (κ1) is 18.5. The van der Waals surface area contributed by atoms with Gasteiger partial charge in [-0.05, 0) is 31.5 Å². The Hall–Kier alpha value is -2.81. The van der Waals surface area contributed by atoms with Crippen molar-refractivity contribution in [3.8, 4) is 0 Å². The van der Waals surface area contributed by atoms with E-state index in [0.29, 0.717) is 10.4 Å². The molecular weight excluding hydrogens is 354 g/mol. The van der Waals surface area contributed by atoms with Crippen LogP contribution in [0.5, 0.6) is 0 Å². The van der Waals surface area contributed by atoms with Crippen LogP contribution in [0.4, 0.5) is 18.6 Å². The third kappa shape index (κ3) is 3.82. The molecule has 2 N–H and O–H groups in total. The van der Waals surface area contributed by atoms with Gasteiger partial charge in [0.25, 0.3) is 11.8 Å². The van der Waals surface area contributed by atoms with Gasteiger partial charge in [-0.15, -0.1) is 11.3 Å². The van der Waals surface area contributed by atoms with Crippen molar-refractivity contribution in [1.82, 2.24) is 5.32 Å². The number of aryl methyl sites for hydroxylation is 1. The van der Waals surface area contributed by atoms with Gasteiger partial charge in [-0.1, -0.05) is 6.07 Å². The van der Waals surface area contributed by atoms with Crippen molar-refractivity contribution in [2.24, 2.45) is 0 Å². The molecule has 0 unspecified atom stereocenters. The number of alkyl carbamates (subject to hydrolysis) is 1. The Morgan fingerprint density at radius 1 is 1.04 bits per heavy atom. The molecule has 1 aromatic carbocycles. The van der Waals surface area contributed by atoms with Crippen molar-refractivity contribution in [1.29, 1.82) is 0 Å². The van der Waals surface area contributed by atoms with E-state index in [4.69, 9.17) is 0 Å². The normalized spacial score (nSPS) is 10.3. The van der Waals surface area contributed by atoms with Crippen molar-refractivity contribution in [3.63, 3.8) is 0 Å². The number of amides is 3. The molecule has 0 radical (unpaired) electrons. The highest BCUT2D eigenvalue weighted by atomic mass is 32.1. The molecule has 0 aliphatic rings. The number of rotatable bonds is 3. The summed E-state index contributed by atoms with van der Waals surface area (Å²) in [5.74, 6) is -3.88. The van der Waals surface area contributed by atoms with E-state index < -0.39 is 35.1 Å². The standard InChI is InChI=1S/C16H14F2N2O4S/c1-7-8(2)25-15(11(7)13(21)20-16(23)24-3)19-14(22)12-9(17)5-4-6-10(12)18/h4-6H,1-3H3,(H,19,22)(H,20,21,23). The van der Waals surface area contributed by atoms with Gasteiger partial charge in [-0.25, -0.2) is 13.6 Å². The first-order chi connectivity index (χ1) is 11.8. The highest BCUT2D eigenvalue weighted by Gasteiger charge is 2.25. The SMILES string of the molecule is COC(=O)NC(=O)c1c(NC(=O)c2c(F)cccc2F)sc(C)c1C. The lowest BCUT2D eigenvalue weighted by Gasteiger charge is -2.08. The molecule has 132 valence electrons. The molecule has 2 rings (SSSR count). The molecule has 3 amide bonds. The lowest BCUT2D eigenvalue weighted by atomic mass is 10.1. The van der Waals surface area contributed by atoms with Crippen LogP contribution in [0.1, 0.15) is 31.2 Å². The Labute approximate surface area is 145 Å². The second kappa shape index (κ2) is 7.39. The predicted octanol–water partition coefficient (Wildman–Crippen LogP) is 3.39. The van der Waals surface area contributed by atoms with E-state index in [2.05, 4.69) is 10.1 Å². The Bertz CT molecular complexity index is 844. The monoisotopic (exact) mass is 368 g/mol. The van der Waals surface area contributed by atoms with Crippen LogP contribution in [0, 0.1) is 25.5 Å². The summed E-state index contributed by atoms with van der Waals surface area (Å²) in [6.07, 6.45) is -0.967. The van der Waals surface area contributed by atoms with E-state index in [9.17, 15) is 23.2 Å². The Morgan fingerprint density at radius 2 is 1.64 bits per heavy atom. The van der Waals surface area contributed by atoms with E-state index in [1.165, 1.54) is 0 Å². The van der Waals surface area contributed by atoms with Gasteiger partial charge in [0.15, 0.2) is 0 Å². The maximum Gasteiger partial charge on any atom is 0.413 e. The summed E-state index contributed by atoms with van der Waals surface area (Å²) in [5, 5.41) is 4.39. The van der Waals surface area contributed by atoms with Gasteiger partial charge in [0.2, 0.25) is 0 Å². The third-order valence-electron chi connectivity index (χ3n) is 3.43. The summed E-state index contributed by atoms with van der Waals surface area (Å²) in [7, 11) is 1.10. The lowest BCUT2D eigenvalue weighted by molar-refractivity contribution is 0.0937. The second-order valence-corrected chi connectivity index (χ2v) is 6.21. The molecule has 0 saturated carbocycles. The van der Waals surface area contributed by atoms with Crippen LogP contribution in [-0.4, -0.2) is 25.0 Å². The summed E-state index contributed by atoms with van der Waals surface area (Å²) < 4.78 is 31.8. The quantitative estimate of drug-likeness (QED) is 0.870. The number of ether oxygens (including phenoxy) is 1. The number of imide groups is 1. The minimum atomic E-state index is -1.04. The van der Waals surface area contributed by atoms with E-state index in [0.717, 1.165) is 36.6 Å². The molecule has 1 aromatic heterocycles. The first-order valence-electron chi connectivity index (χ1n) is 7.00. The molecular formula is C16H14F2N2O4S. The van der Waals surface area contributed by atoms with Gasteiger partial charge in [0.1, 0.15) is 22.2 Å². The van der Waals surface area contributed by atoms with Gasteiger partial charge in [-0.2, -0.15) is 0 Å². The van der Waals surface area contributed by atoms with E-state index in [-0.39, 0.29) is 10.6 Å². The molecule has 0 atom stereocenters. The maximum absolute atomic E-state index is 13.7. The lowest BCUT2D eigenvalue weighted by Crippen LogP contribution is -2.31. The molecule has 0 saturated heterocycles. The highest BCUT2D eigenvalue weighted by molar-refractivity contribution is 7.16. The molecule has 0 aliphatic heterocycles. The van der Waals surface area contributed by atoms with Crippen molar-refractivity contribution in [2.45, 2.75) is 13.8 Å². The average molecular weight is 368 g/mol. The fraction of sp³-hybridized carbons (Fsp3) is 0.188. The largest absolute Gasteiger partial charge is 0.453 e. The summed E-state index contributed by atoms with van der Waals surface area (Å²) in [6.45, 7) is 3.33. The first-order valence-corrected chi connectivity index (χ1v) is 7.82. The van der Waals surface area contributed by atoms with E-state index in [1.54, 1.807) is 13.8 Å². The van der Waals surface area contributed by atoms with Crippen LogP contribution in [0.2, 0.25) is 0 Å². The van der Waals surface area contributed by atoms with E-state index >= 15 is 0 Å². The smallest absolute Gasteiger partial charge is 0.413 e. The van der Waals surface area contributed by atoms with Crippen molar-refractivity contribution in [3.05, 3.63) is 51.4 Å². The summed E-state index contributed by atoms with van der Waals surface area (Å²) in [6, 6.07) is 3.04. The third-order valence-corrected chi connectivity index (χ3v) is 4.55. The van der Waals surface area contributed by atoms with Crippen molar-refractivity contribution < 1.29 is 27.9 Å². The summed E-state index contributed by atoms with van der Waals surface area (Å²) in [4.78, 5) is 36.4. The zero-order chi connectivity index (χ0) is 18.7. The zero-order valence-corrected chi connectivity index (χ0v) is 14.3. The van der Waals surface area contributed by atoms with Gasteiger partial charge < -0.3 is 10.1 Å². The number of carbonyl (C=O) groups is 3. The number of hydrogen-bond acceptors (Lipinski definition) is 5. The van der Waals surface area contributed by atoms with Crippen molar-refractivity contribution in [2.75, 3.05) is 12.4 Å². The molecule has 0 spiro atoms. The van der Waals surface area contributed by atoms with Crippen LogP contribution < -0.4 is 10.6 Å². The average Bonchev–Trinajstić information content (AvgIpc) is 2.81. The number of nitrogens with one attached hydrogen (secondary N) is 2. The molecule has 2 aromatic rings. The van der Waals surface area contributed by atoms with Crippen molar-refractivity contribution >= 4 is 34.2 Å².